The van der Waals surface area contributed by atoms with Crippen molar-refractivity contribution in [1.82, 2.24) is 16.0 Å². The first-order chi connectivity index (χ1) is 15.2. The normalized spacial score (nSPS) is 24.4. The Morgan fingerprint density at radius 2 is 1.72 bits per heavy atom. The van der Waals surface area contributed by atoms with E-state index in [1.807, 2.05) is 75.4 Å². The Morgan fingerprint density at radius 3 is 2.38 bits per heavy atom. The number of ether oxygens (including phenoxy) is 1. The molecule has 3 atom stereocenters. The fourth-order valence-corrected chi connectivity index (χ4v) is 4.55. The highest BCUT2D eigenvalue weighted by molar-refractivity contribution is 5.97. The number of alkyl carbamates (subject to hydrolysis) is 1. The minimum atomic E-state index is -0.983. The molecule has 2 aromatic rings. The minimum absolute atomic E-state index is 0.0900. The summed E-state index contributed by atoms with van der Waals surface area (Å²) in [5, 5.41) is 8.90. The highest BCUT2D eigenvalue weighted by atomic mass is 16.6. The van der Waals surface area contributed by atoms with Crippen LogP contribution in [0.2, 0.25) is 0 Å². The molecule has 32 heavy (non-hydrogen) atoms. The van der Waals surface area contributed by atoms with Crippen LogP contribution in [0.15, 0.2) is 54.6 Å². The topological polar surface area (TPSA) is 96.5 Å². The van der Waals surface area contributed by atoms with Crippen molar-refractivity contribution in [1.29, 1.82) is 0 Å². The minimum Gasteiger partial charge on any atom is -0.444 e. The maximum atomic E-state index is 13.6. The van der Waals surface area contributed by atoms with Gasteiger partial charge in [-0.2, -0.15) is 0 Å². The van der Waals surface area contributed by atoms with Crippen molar-refractivity contribution < 1.29 is 19.1 Å². The summed E-state index contributed by atoms with van der Waals surface area (Å²) >= 11 is 0. The smallest absolute Gasteiger partial charge is 0.408 e. The highest BCUT2D eigenvalue weighted by Gasteiger charge is 2.48. The third-order valence-electron chi connectivity index (χ3n) is 6.03. The van der Waals surface area contributed by atoms with Gasteiger partial charge in [0.05, 0.1) is 12.1 Å². The molecule has 1 heterocycles. The number of benzene rings is 2. The fourth-order valence-electron chi connectivity index (χ4n) is 4.55. The summed E-state index contributed by atoms with van der Waals surface area (Å²) < 4.78 is 5.45. The average molecular weight is 436 g/mol. The molecule has 1 aliphatic heterocycles. The Balaban J connectivity index is 1.59. The average Bonchev–Trinajstić information content (AvgIpc) is 3.29. The first kappa shape index (κ1) is 21.9. The molecule has 0 bridgehead atoms. The molecule has 0 spiro atoms. The van der Waals surface area contributed by atoms with E-state index in [9.17, 15) is 14.4 Å². The lowest BCUT2D eigenvalue weighted by molar-refractivity contribution is -0.129. The van der Waals surface area contributed by atoms with E-state index in [-0.39, 0.29) is 30.8 Å². The second-order valence-corrected chi connectivity index (χ2v) is 9.51. The van der Waals surface area contributed by atoms with Crippen molar-refractivity contribution in [2.75, 3.05) is 6.54 Å². The lowest BCUT2D eigenvalue weighted by Crippen LogP contribution is -2.52. The van der Waals surface area contributed by atoms with Gasteiger partial charge < -0.3 is 20.7 Å². The summed E-state index contributed by atoms with van der Waals surface area (Å²) in [5.41, 5.74) is 1.20. The third-order valence-corrected chi connectivity index (χ3v) is 6.03. The summed E-state index contributed by atoms with van der Waals surface area (Å²) in [4.78, 5) is 38.3. The fraction of sp³-hybridized carbons (Fsp3) is 0.400. The van der Waals surface area contributed by atoms with Crippen LogP contribution in [0.3, 0.4) is 0 Å². The Bertz CT molecular complexity index is 1030. The van der Waals surface area contributed by atoms with Crippen LogP contribution in [0.5, 0.6) is 0 Å². The van der Waals surface area contributed by atoms with Crippen LogP contribution in [-0.2, 0) is 26.2 Å². The highest BCUT2D eigenvalue weighted by Crippen LogP contribution is 2.35. The number of nitrogens with one attached hydrogen (secondary N) is 3. The summed E-state index contributed by atoms with van der Waals surface area (Å²) in [6.45, 7) is 5.66. The van der Waals surface area contributed by atoms with Crippen LogP contribution in [0, 0.1) is 0 Å². The maximum Gasteiger partial charge on any atom is 0.408 e. The zero-order chi connectivity index (χ0) is 22.9. The van der Waals surface area contributed by atoms with Gasteiger partial charge in [-0.05, 0) is 43.9 Å². The SMILES string of the molecule is CC(C)(C)OC(=O)N[C@H]1c2ccccc2C[C@@H]1NC(=O)C1(c2ccccc2)CNC(=O)C1. The van der Waals surface area contributed by atoms with E-state index >= 15 is 0 Å². The number of carbonyl (C=O) groups is 3. The van der Waals surface area contributed by atoms with Crippen LogP contribution >= 0.6 is 0 Å². The molecule has 7 nitrogen and oxygen atoms in total. The molecular weight excluding hydrogens is 406 g/mol. The monoisotopic (exact) mass is 435 g/mol. The molecule has 0 radical (unpaired) electrons. The van der Waals surface area contributed by atoms with Gasteiger partial charge in [-0.3, -0.25) is 9.59 Å². The zero-order valence-corrected chi connectivity index (χ0v) is 18.6. The van der Waals surface area contributed by atoms with Gasteiger partial charge in [0, 0.05) is 13.0 Å². The van der Waals surface area contributed by atoms with Crippen molar-refractivity contribution in [3.8, 4) is 0 Å². The first-order valence-corrected chi connectivity index (χ1v) is 10.9. The van der Waals surface area contributed by atoms with Gasteiger partial charge >= 0.3 is 6.09 Å². The Hall–Kier alpha value is -3.35. The Morgan fingerprint density at radius 1 is 1.03 bits per heavy atom. The summed E-state index contributed by atoms with van der Waals surface area (Å²) in [7, 11) is 0. The summed E-state index contributed by atoms with van der Waals surface area (Å²) in [6, 6.07) is 16.4. The van der Waals surface area contributed by atoms with Crippen molar-refractivity contribution in [2.45, 2.75) is 56.7 Å². The van der Waals surface area contributed by atoms with E-state index < -0.39 is 23.2 Å². The van der Waals surface area contributed by atoms with E-state index in [0.717, 1.165) is 16.7 Å². The molecule has 2 aromatic carbocycles. The molecule has 3 N–H and O–H groups in total. The van der Waals surface area contributed by atoms with Gasteiger partial charge in [0.25, 0.3) is 0 Å². The quantitative estimate of drug-likeness (QED) is 0.688. The van der Waals surface area contributed by atoms with Crippen molar-refractivity contribution in [3.05, 3.63) is 71.3 Å². The second kappa shape index (κ2) is 8.30. The van der Waals surface area contributed by atoms with Gasteiger partial charge in [-0.15, -0.1) is 0 Å². The zero-order valence-electron chi connectivity index (χ0n) is 18.6. The van der Waals surface area contributed by atoms with Gasteiger partial charge in [-0.25, -0.2) is 4.79 Å². The van der Waals surface area contributed by atoms with Crippen molar-refractivity contribution in [3.63, 3.8) is 0 Å². The van der Waals surface area contributed by atoms with Crippen LogP contribution in [0.4, 0.5) is 4.79 Å². The van der Waals surface area contributed by atoms with Gasteiger partial charge in [0.1, 0.15) is 11.0 Å². The lowest BCUT2D eigenvalue weighted by Gasteiger charge is -2.31. The van der Waals surface area contributed by atoms with Gasteiger partial charge in [0.15, 0.2) is 0 Å². The Kier molecular flexibility index (Phi) is 5.67. The number of fused-ring (bicyclic) bond motifs is 1. The van der Waals surface area contributed by atoms with E-state index in [4.69, 9.17) is 4.74 Å². The van der Waals surface area contributed by atoms with Crippen LogP contribution in [-0.4, -0.2) is 36.1 Å². The third kappa shape index (κ3) is 4.33. The molecule has 0 aromatic heterocycles. The van der Waals surface area contributed by atoms with Gasteiger partial charge in [0.2, 0.25) is 11.8 Å². The lowest BCUT2D eigenvalue weighted by atomic mass is 9.78. The predicted molar refractivity (Wildman–Crippen MR) is 120 cm³/mol. The molecule has 4 rings (SSSR count). The molecule has 168 valence electrons. The second-order valence-electron chi connectivity index (χ2n) is 9.51. The number of carbonyl (C=O) groups excluding carboxylic acids is 3. The van der Waals surface area contributed by atoms with Crippen molar-refractivity contribution >= 4 is 17.9 Å². The summed E-state index contributed by atoms with van der Waals surface area (Å²) in [6.07, 6.45) is 0.135. The molecule has 3 amide bonds. The van der Waals surface area contributed by atoms with Gasteiger partial charge in [-0.1, -0.05) is 54.6 Å². The predicted octanol–water partition coefficient (Wildman–Crippen LogP) is 2.75. The number of hydrogen-bond acceptors (Lipinski definition) is 4. The van der Waals surface area contributed by atoms with E-state index in [2.05, 4.69) is 16.0 Å². The number of hydrogen-bond donors (Lipinski definition) is 3. The summed E-state index contributed by atoms with van der Waals surface area (Å²) in [5.74, 6) is -0.377. The maximum absolute atomic E-state index is 13.6. The van der Waals surface area contributed by atoms with Crippen molar-refractivity contribution in [2.24, 2.45) is 0 Å². The molecular formula is C25H29N3O4. The largest absolute Gasteiger partial charge is 0.444 e. The molecule has 7 heteroatoms. The molecule has 1 unspecified atom stereocenters. The van der Waals surface area contributed by atoms with Crippen LogP contribution in [0.25, 0.3) is 0 Å². The molecule has 1 aliphatic carbocycles. The van der Waals surface area contributed by atoms with E-state index in [1.54, 1.807) is 0 Å². The van der Waals surface area contributed by atoms with E-state index in [0.29, 0.717) is 6.42 Å². The molecule has 0 saturated carbocycles. The standard InChI is InChI=1S/C25H29N3O4/c1-24(2,3)32-23(31)28-21-18-12-8-7-9-16(18)13-19(21)27-22(30)25(14-20(29)26-15-25)17-10-5-4-6-11-17/h4-12,19,21H,13-15H2,1-3H3,(H,26,29)(H,27,30)(H,28,31)/t19-,21-,25?/m0/s1. The van der Waals surface area contributed by atoms with Crippen LogP contribution in [0.1, 0.15) is 49.9 Å². The Labute approximate surface area is 187 Å². The molecule has 1 fully saturated rings. The number of amides is 3. The molecule has 1 saturated heterocycles. The van der Waals surface area contributed by atoms with Crippen LogP contribution < -0.4 is 16.0 Å². The molecule has 2 aliphatic rings. The number of rotatable bonds is 4. The van der Waals surface area contributed by atoms with E-state index in [1.165, 1.54) is 0 Å². The first-order valence-electron chi connectivity index (χ1n) is 10.9.